The van der Waals surface area contributed by atoms with E-state index in [0.717, 1.165) is 18.5 Å². The Labute approximate surface area is 109 Å². The van der Waals surface area contributed by atoms with Gasteiger partial charge in [-0.25, -0.2) is 8.42 Å². The van der Waals surface area contributed by atoms with E-state index in [-0.39, 0.29) is 6.04 Å². The average molecular weight is 268 g/mol. The minimum Gasteiger partial charge on any atom is -0.313 e. The molecule has 0 amide bonds. The lowest BCUT2D eigenvalue weighted by molar-refractivity contribution is 0.460. The van der Waals surface area contributed by atoms with Crippen molar-refractivity contribution in [1.29, 1.82) is 0 Å². The van der Waals surface area contributed by atoms with E-state index in [4.69, 9.17) is 0 Å². The molecule has 1 aliphatic heterocycles. The molecule has 1 atom stereocenters. The second-order valence-corrected chi connectivity index (χ2v) is 6.66. The summed E-state index contributed by atoms with van der Waals surface area (Å²) in [7, 11) is -3.31. The van der Waals surface area contributed by atoms with E-state index < -0.39 is 10.0 Å². The summed E-state index contributed by atoms with van der Waals surface area (Å²) in [6.07, 6.45) is 0.888. The summed E-state index contributed by atoms with van der Waals surface area (Å²) in [5.74, 6) is 0. The molecule has 100 valence electrons. The molecule has 0 aromatic heterocycles. The Kier molecular flexibility index (Phi) is 4.04. The van der Waals surface area contributed by atoms with Gasteiger partial charge in [-0.15, -0.1) is 0 Å². The van der Waals surface area contributed by atoms with Gasteiger partial charge in [-0.05, 0) is 32.0 Å². The highest BCUT2D eigenvalue weighted by atomic mass is 32.2. The molecule has 18 heavy (non-hydrogen) atoms. The summed E-state index contributed by atoms with van der Waals surface area (Å²) in [6.45, 7) is 6.05. The first-order valence-electron chi connectivity index (χ1n) is 6.34. The third-order valence-electron chi connectivity index (χ3n) is 3.30. The number of rotatable bonds is 4. The first-order chi connectivity index (χ1) is 8.54. The van der Waals surface area contributed by atoms with Gasteiger partial charge in [-0.2, -0.15) is 4.31 Å². The first-order valence-corrected chi connectivity index (χ1v) is 7.78. The van der Waals surface area contributed by atoms with Crippen molar-refractivity contribution in [3.05, 3.63) is 29.8 Å². The molecule has 1 fully saturated rings. The molecule has 1 saturated heterocycles. The average Bonchev–Trinajstić information content (AvgIpc) is 2.79. The molecule has 1 N–H and O–H groups in total. The second kappa shape index (κ2) is 5.38. The lowest BCUT2D eigenvalue weighted by atomic mass is 10.2. The van der Waals surface area contributed by atoms with Crippen molar-refractivity contribution in [2.45, 2.75) is 31.2 Å². The molecule has 1 unspecified atom stereocenters. The zero-order valence-corrected chi connectivity index (χ0v) is 11.7. The first kappa shape index (κ1) is 13.5. The predicted molar refractivity (Wildman–Crippen MR) is 72.0 cm³/mol. The van der Waals surface area contributed by atoms with Crippen LogP contribution in [0.4, 0.5) is 0 Å². The van der Waals surface area contributed by atoms with Crippen LogP contribution in [-0.2, 0) is 10.0 Å². The molecule has 1 aromatic carbocycles. The van der Waals surface area contributed by atoms with Crippen molar-refractivity contribution in [2.24, 2.45) is 0 Å². The number of benzene rings is 1. The molecular formula is C13H20N2O2S. The smallest absolute Gasteiger partial charge is 0.243 e. The van der Waals surface area contributed by atoms with Gasteiger partial charge in [-0.3, -0.25) is 0 Å². The molecule has 1 heterocycles. The molecular weight excluding hydrogens is 248 g/mol. The monoisotopic (exact) mass is 268 g/mol. The van der Waals surface area contributed by atoms with E-state index in [1.807, 2.05) is 26.0 Å². The Bertz CT molecular complexity index is 496. The van der Waals surface area contributed by atoms with Gasteiger partial charge >= 0.3 is 0 Å². The van der Waals surface area contributed by atoms with Gasteiger partial charge in [0.15, 0.2) is 0 Å². The maximum absolute atomic E-state index is 12.4. The summed E-state index contributed by atoms with van der Waals surface area (Å²) < 4.78 is 26.4. The number of hydrogen-bond acceptors (Lipinski definition) is 3. The van der Waals surface area contributed by atoms with Crippen LogP contribution in [0.15, 0.2) is 29.2 Å². The molecule has 0 saturated carbocycles. The maximum atomic E-state index is 12.4. The minimum atomic E-state index is -3.31. The normalized spacial score (nSPS) is 21.3. The molecule has 5 heteroatoms. The number of nitrogens with one attached hydrogen (secondary N) is 1. The van der Waals surface area contributed by atoms with E-state index >= 15 is 0 Å². The van der Waals surface area contributed by atoms with Crippen LogP contribution in [0, 0.1) is 6.92 Å². The van der Waals surface area contributed by atoms with Gasteiger partial charge in [0.1, 0.15) is 0 Å². The van der Waals surface area contributed by atoms with Gasteiger partial charge < -0.3 is 5.32 Å². The number of sulfonamides is 1. The molecule has 1 aromatic rings. The van der Waals surface area contributed by atoms with E-state index in [0.29, 0.717) is 18.0 Å². The van der Waals surface area contributed by atoms with Crippen LogP contribution in [0.1, 0.15) is 18.9 Å². The quantitative estimate of drug-likeness (QED) is 0.897. The zero-order valence-electron chi connectivity index (χ0n) is 10.9. The van der Waals surface area contributed by atoms with Gasteiger partial charge in [0, 0.05) is 19.1 Å². The summed E-state index contributed by atoms with van der Waals surface area (Å²) in [4.78, 5) is 0.394. The van der Waals surface area contributed by atoms with E-state index in [2.05, 4.69) is 5.32 Å². The highest BCUT2D eigenvalue weighted by Gasteiger charge is 2.31. The standard InChI is InChI=1S/C13H20N2O2S/c1-3-14-12-8-9-15(10-12)18(16,17)13-6-4-11(2)5-7-13/h4-7,12,14H,3,8-10H2,1-2H3. The highest BCUT2D eigenvalue weighted by Crippen LogP contribution is 2.21. The van der Waals surface area contributed by atoms with E-state index in [1.165, 1.54) is 0 Å². The molecule has 0 bridgehead atoms. The van der Waals surface area contributed by atoms with Crippen LogP contribution in [-0.4, -0.2) is 38.4 Å². The molecule has 0 radical (unpaired) electrons. The van der Waals surface area contributed by atoms with Crippen molar-refractivity contribution in [2.75, 3.05) is 19.6 Å². The summed E-state index contributed by atoms with van der Waals surface area (Å²) in [5.41, 5.74) is 1.07. The summed E-state index contributed by atoms with van der Waals surface area (Å²) in [5, 5.41) is 3.30. The molecule has 0 spiro atoms. The third kappa shape index (κ3) is 2.74. The number of likely N-dealkylation sites (N-methyl/N-ethyl adjacent to an activating group) is 1. The van der Waals surface area contributed by atoms with Crippen molar-refractivity contribution < 1.29 is 8.42 Å². The number of nitrogens with zero attached hydrogens (tertiary/aromatic N) is 1. The Morgan fingerprint density at radius 3 is 2.61 bits per heavy atom. The fourth-order valence-electron chi connectivity index (χ4n) is 2.26. The minimum absolute atomic E-state index is 0.287. The molecule has 0 aliphatic carbocycles. The highest BCUT2D eigenvalue weighted by molar-refractivity contribution is 7.89. The van der Waals surface area contributed by atoms with E-state index in [1.54, 1.807) is 16.4 Å². The third-order valence-corrected chi connectivity index (χ3v) is 5.18. The van der Waals surface area contributed by atoms with Crippen LogP contribution < -0.4 is 5.32 Å². The van der Waals surface area contributed by atoms with E-state index in [9.17, 15) is 8.42 Å². The lowest BCUT2D eigenvalue weighted by Gasteiger charge is -2.17. The van der Waals surface area contributed by atoms with Crippen LogP contribution in [0.25, 0.3) is 0 Å². The fraction of sp³-hybridized carbons (Fsp3) is 0.538. The fourth-order valence-corrected chi connectivity index (χ4v) is 3.76. The SMILES string of the molecule is CCNC1CCN(S(=O)(=O)c2ccc(C)cc2)C1. The van der Waals surface area contributed by atoms with Crippen molar-refractivity contribution in [3.8, 4) is 0 Å². The van der Waals surface area contributed by atoms with Crippen molar-refractivity contribution >= 4 is 10.0 Å². The number of aryl methyl sites for hydroxylation is 1. The van der Waals surface area contributed by atoms with Crippen molar-refractivity contribution in [3.63, 3.8) is 0 Å². The van der Waals surface area contributed by atoms with Crippen LogP contribution >= 0.6 is 0 Å². The largest absolute Gasteiger partial charge is 0.313 e. The number of hydrogen-bond donors (Lipinski definition) is 1. The van der Waals surface area contributed by atoms with Crippen molar-refractivity contribution in [1.82, 2.24) is 9.62 Å². The molecule has 4 nitrogen and oxygen atoms in total. The Morgan fingerprint density at radius 1 is 1.33 bits per heavy atom. The lowest BCUT2D eigenvalue weighted by Crippen LogP contribution is -2.35. The molecule has 1 aliphatic rings. The Hall–Kier alpha value is -0.910. The Morgan fingerprint density at radius 2 is 2.00 bits per heavy atom. The maximum Gasteiger partial charge on any atom is 0.243 e. The summed E-state index contributed by atoms with van der Waals surface area (Å²) >= 11 is 0. The second-order valence-electron chi connectivity index (χ2n) is 4.72. The Balaban J connectivity index is 2.15. The van der Waals surface area contributed by atoms with Gasteiger partial charge in [-0.1, -0.05) is 24.6 Å². The summed E-state index contributed by atoms with van der Waals surface area (Å²) in [6, 6.07) is 7.33. The molecule has 2 rings (SSSR count). The predicted octanol–water partition coefficient (Wildman–Crippen LogP) is 1.37. The zero-order chi connectivity index (χ0) is 13.2. The van der Waals surface area contributed by atoms with Gasteiger partial charge in [0.05, 0.1) is 4.90 Å². The van der Waals surface area contributed by atoms with Gasteiger partial charge in [0.2, 0.25) is 10.0 Å². The van der Waals surface area contributed by atoms with Crippen LogP contribution in [0.3, 0.4) is 0 Å². The van der Waals surface area contributed by atoms with Gasteiger partial charge in [0.25, 0.3) is 0 Å². The van der Waals surface area contributed by atoms with Crippen LogP contribution in [0.2, 0.25) is 0 Å². The van der Waals surface area contributed by atoms with Crippen LogP contribution in [0.5, 0.6) is 0 Å². The topological polar surface area (TPSA) is 49.4 Å².